The highest BCUT2D eigenvalue weighted by Gasteiger charge is 2.29. The third-order valence-electron chi connectivity index (χ3n) is 3.17. The van der Waals surface area contributed by atoms with Crippen LogP contribution in [0.15, 0.2) is 53.4 Å². The molecule has 116 valence electrons. The summed E-state index contributed by atoms with van der Waals surface area (Å²) in [6.45, 7) is 3.09. The number of benzene rings is 2. The second-order valence-corrected chi connectivity index (χ2v) is 7.02. The highest BCUT2D eigenvalue weighted by molar-refractivity contribution is 7.91. The Balaban J connectivity index is 2.50. The van der Waals surface area contributed by atoms with Crippen molar-refractivity contribution in [1.29, 1.82) is 0 Å². The molecule has 1 atom stereocenters. The third-order valence-corrected chi connectivity index (χ3v) is 5.11. The molecule has 0 bridgehead atoms. The second-order valence-electron chi connectivity index (χ2n) is 4.99. The first-order chi connectivity index (χ1) is 10.3. The van der Waals surface area contributed by atoms with Crippen molar-refractivity contribution in [1.82, 2.24) is 5.32 Å². The monoisotopic (exact) mass is 321 g/mol. The van der Waals surface area contributed by atoms with Gasteiger partial charge in [-0.05, 0) is 36.8 Å². The van der Waals surface area contributed by atoms with Crippen LogP contribution in [0, 0.1) is 12.7 Å². The van der Waals surface area contributed by atoms with Crippen LogP contribution in [0.25, 0.3) is 0 Å². The zero-order valence-electron chi connectivity index (χ0n) is 12.2. The number of halogens is 1. The molecule has 0 saturated heterocycles. The SMILES string of the molecule is CC(=O)NC(c1ccc(F)cc1)S(=O)(=O)c1ccc(C)cc1. The van der Waals surface area contributed by atoms with Crippen molar-refractivity contribution in [3.63, 3.8) is 0 Å². The minimum absolute atomic E-state index is 0.0983. The fraction of sp³-hybridized carbons (Fsp3) is 0.188. The molecule has 1 N–H and O–H groups in total. The molecule has 2 aromatic carbocycles. The summed E-state index contributed by atoms with van der Waals surface area (Å²) in [5.41, 5.74) is 1.23. The van der Waals surface area contributed by atoms with Gasteiger partial charge in [0, 0.05) is 6.92 Å². The topological polar surface area (TPSA) is 63.2 Å². The Morgan fingerprint density at radius 3 is 2.09 bits per heavy atom. The lowest BCUT2D eigenvalue weighted by atomic mass is 10.2. The van der Waals surface area contributed by atoms with E-state index in [1.165, 1.54) is 31.2 Å². The number of amides is 1. The van der Waals surface area contributed by atoms with Gasteiger partial charge in [0.05, 0.1) is 4.90 Å². The molecule has 0 aliphatic rings. The van der Waals surface area contributed by atoms with Crippen LogP contribution in [-0.2, 0) is 14.6 Å². The van der Waals surface area contributed by atoms with Crippen LogP contribution in [0.2, 0.25) is 0 Å². The van der Waals surface area contributed by atoms with Crippen molar-refractivity contribution in [3.8, 4) is 0 Å². The number of rotatable bonds is 4. The molecule has 0 aromatic heterocycles. The van der Waals surface area contributed by atoms with E-state index in [-0.39, 0.29) is 4.90 Å². The van der Waals surface area contributed by atoms with Crippen molar-refractivity contribution in [2.45, 2.75) is 24.1 Å². The Hall–Kier alpha value is -2.21. The average molecular weight is 321 g/mol. The molecule has 4 nitrogen and oxygen atoms in total. The predicted molar refractivity (Wildman–Crippen MR) is 81.3 cm³/mol. The van der Waals surface area contributed by atoms with Crippen LogP contribution < -0.4 is 5.32 Å². The molecule has 0 heterocycles. The van der Waals surface area contributed by atoms with E-state index in [9.17, 15) is 17.6 Å². The Labute approximate surface area is 128 Å². The molecule has 0 aliphatic carbocycles. The first kappa shape index (κ1) is 16.2. The summed E-state index contributed by atoms with van der Waals surface area (Å²) in [5, 5.41) is 1.16. The first-order valence-corrected chi connectivity index (χ1v) is 8.18. The summed E-state index contributed by atoms with van der Waals surface area (Å²) < 4.78 is 38.6. The highest BCUT2D eigenvalue weighted by atomic mass is 32.2. The highest BCUT2D eigenvalue weighted by Crippen LogP contribution is 2.27. The second kappa shape index (κ2) is 6.27. The van der Waals surface area contributed by atoms with E-state index >= 15 is 0 Å². The van der Waals surface area contributed by atoms with Crippen molar-refractivity contribution in [3.05, 3.63) is 65.5 Å². The van der Waals surface area contributed by atoms with Crippen molar-refractivity contribution in [2.24, 2.45) is 0 Å². The molecule has 22 heavy (non-hydrogen) atoms. The molecule has 0 aliphatic heterocycles. The Morgan fingerprint density at radius 1 is 1.05 bits per heavy atom. The van der Waals surface area contributed by atoms with E-state index in [1.807, 2.05) is 6.92 Å². The number of sulfone groups is 1. The average Bonchev–Trinajstić information content (AvgIpc) is 2.46. The molecule has 0 saturated carbocycles. The molecule has 0 spiro atoms. The van der Waals surface area contributed by atoms with E-state index in [0.29, 0.717) is 5.56 Å². The van der Waals surface area contributed by atoms with Gasteiger partial charge in [-0.15, -0.1) is 0 Å². The molecular formula is C16H16FNO3S. The Bertz CT molecular complexity index is 768. The van der Waals surface area contributed by atoms with Crippen LogP contribution in [0.1, 0.15) is 23.4 Å². The lowest BCUT2D eigenvalue weighted by molar-refractivity contribution is -0.119. The summed E-state index contributed by atoms with van der Waals surface area (Å²) in [6, 6.07) is 11.4. The summed E-state index contributed by atoms with van der Waals surface area (Å²) in [6.07, 6.45) is 0. The number of hydrogen-bond donors (Lipinski definition) is 1. The maximum Gasteiger partial charge on any atom is 0.218 e. The minimum Gasteiger partial charge on any atom is -0.336 e. The van der Waals surface area contributed by atoms with Gasteiger partial charge >= 0.3 is 0 Å². The lowest BCUT2D eigenvalue weighted by Gasteiger charge is -2.19. The Morgan fingerprint density at radius 2 is 1.59 bits per heavy atom. The van der Waals surface area contributed by atoms with Crippen LogP contribution in [0.5, 0.6) is 0 Å². The number of carbonyl (C=O) groups excluding carboxylic acids is 1. The maximum absolute atomic E-state index is 13.0. The molecule has 2 aromatic rings. The van der Waals surface area contributed by atoms with Gasteiger partial charge in [0.1, 0.15) is 5.82 Å². The van der Waals surface area contributed by atoms with Gasteiger partial charge in [-0.1, -0.05) is 29.8 Å². The fourth-order valence-electron chi connectivity index (χ4n) is 2.03. The molecule has 0 radical (unpaired) electrons. The normalized spacial score (nSPS) is 12.7. The van der Waals surface area contributed by atoms with Crippen LogP contribution in [0.4, 0.5) is 4.39 Å². The van der Waals surface area contributed by atoms with E-state index in [1.54, 1.807) is 12.1 Å². The van der Waals surface area contributed by atoms with Crippen molar-refractivity contribution < 1.29 is 17.6 Å². The molecule has 1 unspecified atom stereocenters. The number of nitrogens with one attached hydrogen (secondary N) is 1. The van der Waals surface area contributed by atoms with Gasteiger partial charge in [0.25, 0.3) is 0 Å². The quantitative estimate of drug-likeness (QED) is 0.942. The molecule has 2 rings (SSSR count). The smallest absolute Gasteiger partial charge is 0.218 e. The van der Waals surface area contributed by atoms with Crippen molar-refractivity contribution >= 4 is 15.7 Å². The maximum atomic E-state index is 13.0. The zero-order valence-corrected chi connectivity index (χ0v) is 13.0. The first-order valence-electron chi connectivity index (χ1n) is 6.64. The predicted octanol–water partition coefficient (Wildman–Crippen LogP) is 2.74. The largest absolute Gasteiger partial charge is 0.336 e. The van der Waals surface area contributed by atoms with Gasteiger partial charge in [-0.2, -0.15) is 0 Å². The fourth-order valence-corrected chi connectivity index (χ4v) is 3.65. The number of hydrogen-bond acceptors (Lipinski definition) is 3. The zero-order chi connectivity index (χ0) is 16.3. The molecule has 1 amide bonds. The number of carbonyl (C=O) groups is 1. The van der Waals surface area contributed by atoms with Crippen LogP contribution >= 0.6 is 0 Å². The van der Waals surface area contributed by atoms with Gasteiger partial charge < -0.3 is 5.32 Å². The Kier molecular flexibility index (Phi) is 4.61. The molecular weight excluding hydrogens is 305 g/mol. The molecule has 0 fully saturated rings. The van der Waals surface area contributed by atoms with E-state index in [0.717, 1.165) is 17.7 Å². The van der Waals surface area contributed by atoms with E-state index in [2.05, 4.69) is 5.32 Å². The summed E-state index contributed by atoms with van der Waals surface area (Å²) in [5.74, 6) is -0.955. The van der Waals surface area contributed by atoms with Gasteiger partial charge in [0.15, 0.2) is 5.37 Å². The van der Waals surface area contributed by atoms with Gasteiger partial charge in [0.2, 0.25) is 15.7 Å². The lowest BCUT2D eigenvalue weighted by Crippen LogP contribution is -2.32. The summed E-state index contributed by atoms with van der Waals surface area (Å²) >= 11 is 0. The van der Waals surface area contributed by atoms with Crippen LogP contribution in [-0.4, -0.2) is 14.3 Å². The van der Waals surface area contributed by atoms with E-state index in [4.69, 9.17) is 0 Å². The minimum atomic E-state index is -3.83. The summed E-state index contributed by atoms with van der Waals surface area (Å²) in [4.78, 5) is 11.5. The van der Waals surface area contributed by atoms with Crippen molar-refractivity contribution in [2.75, 3.05) is 0 Å². The third kappa shape index (κ3) is 3.51. The molecule has 6 heteroatoms. The number of aryl methyl sites for hydroxylation is 1. The van der Waals surface area contributed by atoms with Gasteiger partial charge in [-0.3, -0.25) is 4.79 Å². The van der Waals surface area contributed by atoms with E-state index < -0.39 is 26.9 Å². The summed E-state index contributed by atoms with van der Waals surface area (Å²) in [7, 11) is -3.83. The van der Waals surface area contributed by atoms with Gasteiger partial charge in [-0.25, -0.2) is 12.8 Å². The van der Waals surface area contributed by atoms with Crippen LogP contribution in [0.3, 0.4) is 0 Å². The standard InChI is InChI=1S/C16H16FNO3S/c1-11-3-9-15(10-4-11)22(20,21)16(18-12(2)19)13-5-7-14(17)8-6-13/h3-10,16H,1-2H3,(H,18,19).